The lowest BCUT2D eigenvalue weighted by Gasteiger charge is -2.31. The number of carboxylic acid groups (broad SMARTS) is 1. The van der Waals surface area contributed by atoms with E-state index in [1.807, 2.05) is 11.0 Å². The van der Waals surface area contributed by atoms with Gasteiger partial charge in [0.05, 0.1) is 31.7 Å². The molecule has 0 spiro atoms. The minimum absolute atomic E-state index is 0.0246. The van der Waals surface area contributed by atoms with Crippen LogP contribution in [0.4, 0.5) is 0 Å². The number of nitrogens with one attached hydrogen (secondary N) is 1. The molecule has 0 aliphatic carbocycles. The topological polar surface area (TPSA) is 103 Å². The van der Waals surface area contributed by atoms with E-state index in [4.69, 9.17) is 15.1 Å². The van der Waals surface area contributed by atoms with Gasteiger partial charge in [-0.3, -0.25) is 14.5 Å². The molecule has 7 heteroatoms. The van der Waals surface area contributed by atoms with E-state index in [2.05, 4.69) is 5.32 Å². The van der Waals surface area contributed by atoms with Crippen LogP contribution < -0.4 is 5.32 Å². The SMILES string of the molecule is N#CCNC(=O)CN1CCC(OCCC(=O)O)CC1. The Morgan fingerprint density at radius 1 is 1.42 bits per heavy atom. The number of likely N-dealkylation sites (tertiary alicyclic amines) is 1. The summed E-state index contributed by atoms with van der Waals surface area (Å²) in [7, 11) is 0. The number of aliphatic carboxylic acids is 1. The summed E-state index contributed by atoms with van der Waals surface area (Å²) >= 11 is 0. The first-order valence-corrected chi connectivity index (χ1v) is 6.31. The summed E-state index contributed by atoms with van der Waals surface area (Å²) in [6.07, 6.45) is 1.70. The first-order valence-electron chi connectivity index (χ1n) is 6.31. The fourth-order valence-corrected chi connectivity index (χ4v) is 1.94. The Balaban J connectivity index is 2.13. The van der Waals surface area contributed by atoms with Gasteiger partial charge in [-0.25, -0.2) is 0 Å². The lowest BCUT2D eigenvalue weighted by Crippen LogP contribution is -2.43. The van der Waals surface area contributed by atoms with Crippen LogP contribution in [0.2, 0.25) is 0 Å². The number of carbonyl (C=O) groups excluding carboxylic acids is 1. The standard InChI is InChI=1S/C12H19N3O4/c13-4-5-14-11(16)9-15-6-1-10(2-7-15)19-8-3-12(17)18/h10H,1-3,5-9H2,(H,14,16)(H,17,18). The first kappa shape index (κ1) is 15.4. The summed E-state index contributed by atoms with van der Waals surface area (Å²) in [4.78, 5) is 23.7. The van der Waals surface area contributed by atoms with Crippen LogP contribution >= 0.6 is 0 Å². The molecule has 1 fully saturated rings. The second-order valence-corrected chi connectivity index (χ2v) is 4.42. The number of hydrogen-bond acceptors (Lipinski definition) is 5. The van der Waals surface area contributed by atoms with Crippen LogP contribution in [0.25, 0.3) is 0 Å². The van der Waals surface area contributed by atoms with E-state index in [0.29, 0.717) is 6.54 Å². The fraction of sp³-hybridized carbons (Fsp3) is 0.750. The van der Waals surface area contributed by atoms with Crippen molar-refractivity contribution in [2.75, 3.05) is 32.8 Å². The van der Waals surface area contributed by atoms with Gasteiger partial charge in [0.15, 0.2) is 0 Å². The van der Waals surface area contributed by atoms with Crippen LogP contribution in [0, 0.1) is 11.3 Å². The molecule has 0 bridgehead atoms. The van der Waals surface area contributed by atoms with Crippen LogP contribution in [0.3, 0.4) is 0 Å². The Hall–Kier alpha value is -1.65. The molecule has 1 saturated heterocycles. The van der Waals surface area contributed by atoms with Crippen molar-refractivity contribution in [3.05, 3.63) is 0 Å². The second kappa shape index (κ2) is 8.45. The molecule has 0 atom stereocenters. The van der Waals surface area contributed by atoms with Crippen LogP contribution in [0.1, 0.15) is 19.3 Å². The van der Waals surface area contributed by atoms with Gasteiger partial charge in [0.2, 0.25) is 5.91 Å². The normalized spacial score (nSPS) is 16.8. The quantitative estimate of drug-likeness (QED) is 0.609. The van der Waals surface area contributed by atoms with Crippen LogP contribution in [0.5, 0.6) is 0 Å². The number of rotatable bonds is 7. The summed E-state index contributed by atoms with van der Waals surface area (Å²) in [5.41, 5.74) is 0. The number of amides is 1. The van der Waals surface area contributed by atoms with E-state index >= 15 is 0 Å². The smallest absolute Gasteiger partial charge is 0.305 e. The van der Waals surface area contributed by atoms with E-state index in [1.165, 1.54) is 0 Å². The molecule has 2 N–H and O–H groups in total. The van der Waals surface area contributed by atoms with Crippen molar-refractivity contribution in [3.8, 4) is 6.07 Å². The molecular formula is C12H19N3O4. The van der Waals surface area contributed by atoms with Crippen molar-refractivity contribution >= 4 is 11.9 Å². The highest BCUT2D eigenvalue weighted by Gasteiger charge is 2.21. The van der Waals surface area contributed by atoms with Crippen molar-refractivity contribution in [1.29, 1.82) is 5.26 Å². The van der Waals surface area contributed by atoms with Gasteiger partial charge < -0.3 is 15.2 Å². The van der Waals surface area contributed by atoms with Gasteiger partial charge in [0, 0.05) is 13.1 Å². The molecule has 1 rings (SSSR count). The summed E-state index contributed by atoms with van der Waals surface area (Å²) in [5, 5.41) is 19.3. The minimum atomic E-state index is -0.855. The van der Waals surface area contributed by atoms with Gasteiger partial charge in [0.25, 0.3) is 0 Å². The molecule has 1 amide bonds. The van der Waals surface area contributed by atoms with Gasteiger partial charge in [-0.05, 0) is 12.8 Å². The third-order valence-electron chi connectivity index (χ3n) is 2.94. The zero-order valence-electron chi connectivity index (χ0n) is 10.8. The van der Waals surface area contributed by atoms with Gasteiger partial charge in [-0.15, -0.1) is 0 Å². The maximum atomic E-state index is 11.4. The molecular weight excluding hydrogens is 250 g/mol. The summed E-state index contributed by atoms with van der Waals surface area (Å²) in [6.45, 7) is 2.06. The lowest BCUT2D eigenvalue weighted by atomic mass is 10.1. The fourth-order valence-electron chi connectivity index (χ4n) is 1.94. The zero-order chi connectivity index (χ0) is 14.1. The second-order valence-electron chi connectivity index (χ2n) is 4.42. The van der Waals surface area contributed by atoms with Gasteiger partial charge in [0.1, 0.15) is 6.54 Å². The zero-order valence-corrected chi connectivity index (χ0v) is 10.8. The predicted molar refractivity (Wildman–Crippen MR) is 66.3 cm³/mol. The molecule has 19 heavy (non-hydrogen) atoms. The average Bonchev–Trinajstić information content (AvgIpc) is 2.38. The van der Waals surface area contributed by atoms with Crippen LogP contribution in [-0.2, 0) is 14.3 Å². The van der Waals surface area contributed by atoms with Gasteiger partial charge >= 0.3 is 5.97 Å². The Kier molecular flexibility index (Phi) is 6.85. The highest BCUT2D eigenvalue weighted by atomic mass is 16.5. The average molecular weight is 269 g/mol. The van der Waals surface area contributed by atoms with E-state index in [1.54, 1.807) is 0 Å². The largest absolute Gasteiger partial charge is 0.481 e. The maximum Gasteiger partial charge on any atom is 0.305 e. The molecule has 0 aromatic heterocycles. The Labute approximate surface area is 112 Å². The number of carbonyl (C=O) groups is 2. The number of ether oxygens (including phenoxy) is 1. The van der Waals surface area contributed by atoms with Crippen LogP contribution in [0.15, 0.2) is 0 Å². The highest BCUT2D eigenvalue weighted by Crippen LogP contribution is 2.13. The number of hydrogen-bond donors (Lipinski definition) is 2. The van der Waals surface area contributed by atoms with Gasteiger partial charge in [-0.1, -0.05) is 0 Å². The van der Waals surface area contributed by atoms with E-state index in [0.717, 1.165) is 25.9 Å². The van der Waals surface area contributed by atoms with Crippen molar-refractivity contribution in [2.45, 2.75) is 25.4 Å². The molecule has 0 aromatic carbocycles. The van der Waals surface area contributed by atoms with Crippen molar-refractivity contribution < 1.29 is 19.4 Å². The third-order valence-corrected chi connectivity index (χ3v) is 2.94. The molecule has 1 heterocycles. The van der Waals surface area contributed by atoms with E-state index < -0.39 is 5.97 Å². The molecule has 0 aromatic rings. The monoisotopic (exact) mass is 269 g/mol. The van der Waals surface area contributed by atoms with Gasteiger partial charge in [-0.2, -0.15) is 5.26 Å². The Morgan fingerprint density at radius 3 is 2.68 bits per heavy atom. The minimum Gasteiger partial charge on any atom is -0.481 e. The van der Waals surface area contributed by atoms with E-state index in [-0.39, 0.29) is 31.6 Å². The van der Waals surface area contributed by atoms with Crippen molar-refractivity contribution in [1.82, 2.24) is 10.2 Å². The number of piperidine rings is 1. The first-order chi connectivity index (χ1) is 9.11. The van der Waals surface area contributed by atoms with Crippen molar-refractivity contribution in [2.24, 2.45) is 0 Å². The summed E-state index contributed by atoms with van der Waals surface area (Å²) in [5.74, 6) is -1.00. The molecule has 0 radical (unpaired) electrons. The lowest BCUT2D eigenvalue weighted by molar-refractivity contribution is -0.139. The van der Waals surface area contributed by atoms with Crippen LogP contribution in [-0.4, -0.2) is 60.8 Å². The predicted octanol–water partition coefficient (Wildman–Crippen LogP) is -0.418. The molecule has 1 aliphatic heterocycles. The Bertz CT molecular complexity index is 345. The van der Waals surface area contributed by atoms with Crippen molar-refractivity contribution in [3.63, 3.8) is 0 Å². The maximum absolute atomic E-state index is 11.4. The summed E-state index contributed by atoms with van der Waals surface area (Å²) < 4.78 is 5.46. The number of nitrogens with zero attached hydrogens (tertiary/aromatic N) is 2. The number of carboxylic acids is 1. The molecule has 0 saturated carbocycles. The number of nitriles is 1. The highest BCUT2D eigenvalue weighted by molar-refractivity contribution is 5.78. The molecule has 0 unspecified atom stereocenters. The molecule has 1 aliphatic rings. The molecule has 106 valence electrons. The van der Waals surface area contributed by atoms with E-state index in [9.17, 15) is 9.59 Å². The Morgan fingerprint density at radius 2 is 2.11 bits per heavy atom. The third kappa shape index (κ3) is 6.74. The molecule has 7 nitrogen and oxygen atoms in total. The summed E-state index contributed by atoms with van der Waals surface area (Å²) in [6, 6.07) is 1.86.